The number of aromatic nitrogens is 1. The van der Waals surface area contributed by atoms with Crippen LogP contribution in [0.3, 0.4) is 0 Å². The van der Waals surface area contributed by atoms with Crippen molar-refractivity contribution in [2.24, 2.45) is 0 Å². The monoisotopic (exact) mass is 512 g/mol. The number of amides is 1. The van der Waals surface area contributed by atoms with Crippen molar-refractivity contribution in [2.45, 2.75) is 19.8 Å². The zero-order chi connectivity index (χ0) is 25.1. The average Bonchev–Trinajstić information content (AvgIpc) is 3.18. The molecule has 3 aromatic carbocycles. The number of carbonyl (C=O) groups excluding carboxylic acids is 1. The van der Waals surface area contributed by atoms with Crippen molar-refractivity contribution in [1.82, 2.24) is 4.98 Å². The maximum Gasteiger partial charge on any atom is 0.312 e. The normalized spacial score (nSPS) is 10.9. The van der Waals surface area contributed by atoms with Crippen molar-refractivity contribution in [3.8, 4) is 28.5 Å². The summed E-state index contributed by atoms with van der Waals surface area (Å²) in [5.74, 6) is -0.357. The van der Waals surface area contributed by atoms with Crippen LogP contribution in [0.25, 0.3) is 22.2 Å². The highest BCUT2D eigenvalue weighted by Gasteiger charge is 2.16. The van der Waals surface area contributed by atoms with Crippen LogP contribution in [0, 0.1) is 0 Å². The number of ether oxygens (including phenoxy) is 2. The summed E-state index contributed by atoms with van der Waals surface area (Å²) < 4.78 is 11.3. The van der Waals surface area contributed by atoms with Crippen LogP contribution >= 0.6 is 23.2 Å². The fourth-order valence-electron chi connectivity index (χ4n) is 3.85. The number of aromatic amines is 1. The molecule has 0 radical (unpaired) electrons. The van der Waals surface area contributed by atoms with E-state index < -0.39 is 18.3 Å². The second-order valence-electron chi connectivity index (χ2n) is 7.76. The first kappa shape index (κ1) is 24.4. The molecular weight excluding hydrogens is 491 g/mol. The number of H-pyrrole nitrogens is 1. The first-order valence-electron chi connectivity index (χ1n) is 10.8. The molecule has 0 saturated heterocycles. The lowest BCUT2D eigenvalue weighted by Crippen LogP contribution is -2.15. The van der Waals surface area contributed by atoms with Gasteiger partial charge in [0.05, 0.1) is 17.2 Å². The number of aryl methyl sites for hydroxylation is 1. The van der Waals surface area contributed by atoms with Gasteiger partial charge in [-0.25, -0.2) is 0 Å². The molecule has 0 aliphatic heterocycles. The van der Waals surface area contributed by atoms with Crippen molar-refractivity contribution in [3.05, 3.63) is 70.2 Å². The molecule has 9 heteroatoms. The number of aliphatic carboxylic acids is 1. The lowest BCUT2D eigenvalue weighted by Gasteiger charge is -2.12. The zero-order valence-corrected chi connectivity index (χ0v) is 20.5. The minimum Gasteiger partial charge on any atom is -0.497 e. The number of methoxy groups -OCH3 is 1. The van der Waals surface area contributed by atoms with Gasteiger partial charge >= 0.3 is 5.97 Å². The molecule has 0 aliphatic carbocycles. The van der Waals surface area contributed by atoms with E-state index in [0.29, 0.717) is 5.75 Å². The maximum atomic E-state index is 11.7. The van der Waals surface area contributed by atoms with Crippen LogP contribution in [0.4, 0.5) is 5.69 Å². The minimum absolute atomic E-state index is 0.173. The quantitative estimate of drug-likeness (QED) is 0.222. The first-order valence-corrected chi connectivity index (χ1v) is 11.5. The predicted octanol–water partition coefficient (Wildman–Crippen LogP) is 6.92. The number of anilines is 1. The van der Waals surface area contributed by atoms with Crippen molar-refractivity contribution in [3.63, 3.8) is 0 Å². The van der Waals surface area contributed by atoms with E-state index in [2.05, 4.69) is 17.2 Å². The molecule has 180 valence electrons. The highest BCUT2D eigenvalue weighted by molar-refractivity contribution is 6.37. The molecule has 4 aromatic rings. The van der Waals surface area contributed by atoms with E-state index in [1.807, 2.05) is 42.5 Å². The number of carboxylic acids is 1. The van der Waals surface area contributed by atoms with E-state index in [9.17, 15) is 9.59 Å². The summed E-state index contributed by atoms with van der Waals surface area (Å²) in [6.45, 7) is 2.09. The SMILES string of the molecule is CCc1c(-c2ccc(OC)cc2)[nH]c2ccc(Oc3c(Cl)cc(NC(=O)CC(=O)O)cc3Cl)cc12. The molecule has 0 fully saturated rings. The fraction of sp³-hybridized carbons (Fsp3) is 0.154. The number of carbonyl (C=O) groups is 2. The smallest absolute Gasteiger partial charge is 0.312 e. The fourth-order valence-corrected chi connectivity index (χ4v) is 4.42. The van der Waals surface area contributed by atoms with Gasteiger partial charge in [-0.15, -0.1) is 0 Å². The minimum atomic E-state index is -1.23. The van der Waals surface area contributed by atoms with Gasteiger partial charge in [-0.1, -0.05) is 30.1 Å². The summed E-state index contributed by atoms with van der Waals surface area (Å²) in [5.41, 5.74) is 4.46. The van der Waals surface area contributed by atoms with Crippen LogP contribution in [-0.4, -0.2) is 29.1 Å². The highest BCUT2D eigenvalue weighted by Crippen LogP contribution is 2.40. The van der Waals surface area contributed by atoms with Crippen LogP contribution in [-0.2, 0) is 16.0 Å². The second-order valence-corrected chi connectivity index (χ2v) is 8.57. The Morgan fingerprint density at radius 3 is 2.26 bits per heavy atom. The molecule has 4 rings (SSSR count). The molecule has 0 bridgehead atoms. The van der Waals surface area contributed by atoms with E-state index in [4.69, 9.17) is 37.8 Å². The molecule has 35 heavy (non-hydrogen) atoms. The summed E-state index contributed by atoms with van der Waals surface area (Å²) >= 11 is 12.7. The van der Waals surface area contributed by atoms with Crippen LogP contribution < -0.4 is 14.8 Å². The largest absolute Gasteiger partial charge is 0.497 e. The van der Waals surface area contributed by atoms with E-state index in [1.54, 1.807) is 7.11 Å². The van der Waals surface area contributed by atoms with Crippen LogP contribution in [0.2, 0.25) is 10.0 Å². The molecular formula is C26H22Cl2N2O5. The van der Waals surface area contributed by atoms with Gasteiger partial charge in [0, 0.05) is 22.3 Å². The van der Waals surface area contributed by atoms with Crippen molar-refractivity contribution in [1.29, 1.82) is 0 Å². The zero-order valence-electron chi connectivity index (χ0n) is 18.9. The van der Waals surface area contributed by atoms with Gasteiger partial charge < -0.3 is 24.9 Å². The number of hydrogen-bond donors (Lipinski definition) is 3. The summed E-state index contributed by atoms with van der Waals surface area (Å²) in [5, 5.41) is 12.6. The Morgan fingerprint density at radius 1 is 1.00 bits per heavy atom. The molecule has 0 aliphatic rings. The van der Waals surface area contributed by atoms with Crippen molar-refractivity contribution in [2.75, 3.05) is 12.4 Å². The van der Waals surface area contributed by atoms with Crippen molar-refractivity contribution < 1.29 is 24.2 Å². The van der Waals surface area contributed by atoms with Gasteiger partial charge in [0.1, 0.15) is 17.9 Å². The molecule has 1 amide bonds. The van der Waals surface area contributed by atoms with E-state index in [-0.39, 0.29) is 21.5 Å². The molecule has 1 aromatic heterocycles. The summed E-state index contributed by atoms with van der Waals surface area (Å²) in [7, 11) is 1.64. The number of carboxylic acid groups (broad SMARTS) is 1. The molecule has 3 N–H and O–H groups in total. The number of rotatable bonds is 8. The predicted molar refractivity (Wildman–Crippen MR) is 137 cm³/mol. The molecule has 0 spiro atoms. The van der Waals surface area contributed by atoms with Crippen molar-refractivity contribution >= 4 is 51.7 Å². The standard InChI is InChI=1S/C26H22Cl2N2O5/c1-3-18-19-12-17(8-9-22(19)30-25(18)14-4-6-16(34-2)7-5-14)35-26-20(27)10-15(11-21(26)28)29-23(31)13-24(32)33/h4-12,30H,3,13H2,1-2H3,(H,29,31)(H,32,33). The molecule has 0 saturated carbocycles. The molecule has 0 unspecified atom stereocenters. The van der Waals surface area contributed by atoms with Gasteiger partial charge in [0.15, 0.2) is 5.75 Å². The molecule has 0 atom stereocenters. The topological polar surface area (TPSA) is 101 Å². The summed E-state index contributed by atoms with van der Waals surface area (Å²) in [6, 6.07) is 16.4. The number of nitrogens with one attached hydrogen (secondary N) is 2. The van der Waals surface area contributed by atoms with Gasteiger partial charge in [0.2, 0.25) is 5.91 Å². The Morgan fingerprint density at radius 2 is 1.66 bits per heavy atom. The second kappa shape index (κ2) is 10.3. The Bertz CT molecular complexity index is 1390. The van der Waals surface area contributed by atoms with Crippen LogP contribution in [0.15, 0.2) is 54.6 Å². The van der Waals surface area contributed by atoms with Gasteiger partial charge in [-0.2, -0.15) is 0 Å². The number of hydrogen-bond acceptors (Lipinski definition) is 4. The lowest BCUT2D eigenvalue weighted by atomic mass is 10.0. The van der Waals surface area contributed by atoms with Gasteiger partial charge in [0.25, 0.3) is 0 Å². The maximum absolute atomic E-state index is 11.7. The Balaban J connectivity index is 1.63. The first-order chi connectivity index (χ1) is 16.8. The summed E-state index contributed by atoms with van der Waals surface area (Å²) in [6.07, 6.45) is 0.138. The number of fused-ring (bicyclic) bond motifs is 1. The van der Waals surface area contributed by atoms with E-state index >= 15 is 0 Å². The summed E-state index contributed by atoms with van der Waals surface area (Å²) in [4.78, 5) is 25.9. The van der Waals surface area contributed by atoms with E-state index in [1.165, 1.54) is 12.1 Å². The van der Waals surface area contributed by atoms with E-state index in [0.717, 1.165) is 39.9 Å². The Labute approximate surface area is 211 Å². The third kappa shape index (κ3) is 5.37. The Hall–Kier alpha value is -3.68. The number of halogens is 2. The molecule has 1 heterocycles. The van der Waals surface area contributed by atoms with Gasteiger partial charge in [-0.3, -0.25) is 9.59 Å². The van der Waals surface area contributed by atoms with Crippen LogP contribution in [0.5, 0.6) is 17.2 Å². The average molecular weight is 513 g/mol. The number of benzene rings is 3. The van der Waals surface area contributed by atoms with Gasteiger partial charge in [-0.05, 0) is 72.1 Å². The third-order valence-corrected chi connectivity index (χ3v) is 5.99. The molecule has 7 nitrogen and oxygen atoms in total. The third-order valence-electron chi connectivity index (χ3n) is 5.42. The highest BCUT2D eigenvalue weighted by atomic mass is 35.5. The van der Waals surface area contributed by atoms with Crippen LogP contribution in [0.1, 0.15) is 18.9 Å². The Kier molecular flexibility index (Phi) is 7.19. The lowest BCUT2D eigenvalue weighted by molar-refractivity contribution is -0.139.